The summed E-state index contributed by atoms with van der Waals surface area (Å²) in [7, 11) is 0. The lowest BCUT2D eigenvalue weighted by Gasteiger charge is -2.26. The van der Waals surface area contributed by atoms with E-state index in [4.69, 9.17) is 11.6 Å². The zero-order valence-electron chi connectivity index (χ0n) is 15.7. The summed E-state index contributed by atoms with van der Waals surface area (Å²) in [6.07, 6.45) is -4.81. The Balaban J connectivity index is 2.02. The molecule has 0 saturated heterocycles. The number of aromatic nitrogens is 2. The molecular formula is C19H16F4N6O2. The molecule has 0 aliphatic heterocycles. The van der Waals surface area contributed by atoms with Gasteiger partial charge in [0.1, 0.15) is 18.1 Å². The fraction of sp³-hybridized carbons (Fsp3) is 0.158. The normalized spacial score (nSPS) is 12.4. The Morgan fingerprint density at radius 2 is 2.00 bits per heavy atom. The fourth-order valence-electron chi connectivity index (χ4n) is 2.84. The summed E-state index contributed by atoms with van der Waals surface area (Å²) < 4.78 is 52.6. The van der Waals surface area contributed by atoms with Gasteiger partial charge in [-0.15, -0.1) is 0 Å². The number of amides is 1. The SMILES string of the molecule is NC(=O)c1cc(F)c(N(N)[C@@H](C=O)CC(F)(F)F)nc1Nc1ccc2ncccc2c1. The minimum absolute atomic E-state index is 0.0694. The summed E-state index contributed by atoms with van der Waals surface area (Å²) in [6, 6.07) is 7.18. The van der Waals surface area contributed by atoms with Crippen LogP contribution in [-0.2, 0) is 4.79 Å². The summed E-state index contributed by atoms with van der Waals surface area (Å²) >= 11 is 0. The van der Waals surface area contributed by atoms with Crippen LogP contribution in [0.25, 0.3) is 10.9 Å². The van der Waals surface area contributed by atoms with Crippen LogP contribution in [0.1, 0.15) is 16.8 Å². The number of hydrazine groups is 1. The van der Waals surface area contributed by atoms with Crippen molar-refractivity contribution in [1.29, 1.82) is 0 Å². The number of hydrogen-bond donors (Lipinski definition) is 3. The molecule has 3 rings (SSSR count). The third-order valence-electron chi connectivity index (χ3n) is 4.29. The van der Waals surface area contributed by atoms with E-state index < -0.39 is 36.2 Å². The van der Waals surface area contributed by atoms with Crippen molar-refractivity contribution < 1.29 is 27.2 Å². The third-order valence-corrected chi connectivity index (χ3v) is 4.29. The van der Waals surface area contributed by atoms with Gasteiger partial charge in [-0.2, -0.15) is 13.2 Å². The lowest BCUT2D eigenvalue weighted by molar-refractivity contribution is -0.142. The number of rotatable bonds is 7. The van der Waals surface area contributed by atoms with Gasteiger partial charge in [-0.1, -0.05) is 6.07 Å². The number of carbonyl (C=O) groups excluding carboxylic acids is 2. The highest BCUT2D eigenvalue weighted by atomic mass is 19.4. The number of fused-ring (bicyclic) bond motifs is 1. The monoisotopic (exact) mass is 436 g/mol. The van der Waals surface area contributed by atoms with Crippen molar-refractivity contribution in [3.8, 4) is 0 Å². The number of nitrogens with two attached hydrogens (primary N) is 2. The highest BCUT2D eigenvalue weighted by molar-refractivity contribution is 5.99. The Kier molecular flexibility index (Phi) is 6.02. The maximum Gasteiger partial charge on any atom is 0.391 e. The minimum atomic E-state index is -4.73. The van der Waals surface area contributed by atoms with Crippen molar-refractivity contribution >= 4 is 40.4 Å². The first-order valence-corrected chi connectivity index (χ1v) is 8.77. The van der Waals surface area contributed by atoms with Gasteiger partial charge in [0.15, 0.2) is 11.6 Å². The highest BCUT2D eigenvalue weighted by Crippen LogP contribution is 2.29. The van der Waals surface area contributed by atoms with Crippen molar-refractivity contribution in [1.82, 2.24) is 9.97 Å². The average molecular weight is 436 g/mol. The molecule has 8 nitrogen and oxygen atoms in total. The van der Waals surface area contributed by atoms with E-state index >= 15 is 0 Å². The van der Waals surface area contributed by atoms with Crippen molar-refractivity contribution in [2.45, 2.75) is 18.6 Å². The van der Waals surface area contributed by atoms with Crippen LogP contribution < -0.4 is 21.9 Å². The van der Waals surface area contributed by atoms with E-state index in [-0.39, 0.29) is 22.7 Å². The molecule has 0 bridgehead atoms. The van der Waals surface area contributed by atoms with Crippen LogP contribution in [0.5, 0.6) is 0 Å². The molecule has 1 aromatic carbocycles. The van der Waals surface area contributed by atoms with E-state index in [9.17, 15) is 27.2 Å². The third kappa shape index (κ3) is 5.04. The molecule has 0 aliphatic carbocycles. The van der Waals surface area contributed by atoms with Crippen LogP contribution in [0, 0.1) is 5.82 Å². The number of primary amides is 1. The van der Waals surface area contributed by atoms with Gasteiger partial charge in [-0.05, 0) is 30.3 Å². The summed E-state index contributed by atoms with van der Waals surface area (Å²) in [6.45, 7) is 0. The minimum Gasteiger partial charge on any atom is -0.365 e. The molecule has 3 aromatic rings. The summed E-state index contributed by atoms with van der Waals surface area (Å²) in [4.78, 5) is 30.9. The second-order valence-corrected chi connectivity index (χ2v) is 6.52. The van der Waals surface area contributed by atoms with Gasteiger partial charge in [-0.25, -0.2) is 15.2 Å². The zero-order valence-corrected chi connectivity index (χ0v) is 15.7. The van der Waals surface area contributed by atoms with Crippen LogP contribution in [0.15, 0.2) is 42.6 Å². The van der Waals surface area contributed by atoms with Gasteiger partial charge in [0.05, 0.1) is 17.5 Å². The van der Waals surface area contributed by atoms with Crippen molar-refractivity contribution in [2.24, 2.45) is 11.6 Å². The van der Waals surface area contributed by atoms with Gasteiger partial charge in [0.2, 0.25) is 0 Å². The number of benzene rings is 1. The standard InChI is InChI=1S/C19H16F4N6O2/c20-14-7-13(16(24)31)17(27-11-3-4-15-10(6-11)2-1-5-26-15)28-18(14)29(25)12(9-30)8-19(21,22)23/h1-7,9,12H,8,25H2,(H2,24,31)(H,27,28)/t12-/m1/s1. The maximum absolute atomic E-state index is 14.5. The first-order valence-electron chi connectivity index (χ1n) is 8.77. The van der Waals surface area contributed by atoms with Gasteiger partial charge >= 0.3 is 6.18 Å². The molecule has 1 amide bonds. The number of aldehydes is 1. The molecule has 12 heteroatoms. The molecule has 5 N–H and O–H groups in total. The highest BCUT2D eigenvalue weighted by Gasteiger charge is 2.35. The average Bonchev–Trinajstić information content (AvgIpc) is 2.71. The predicted molar refractivity (Wildman–Crippen MR) is 105 cm³/mol. The van der Waals surface area contributed by atoms with E-state index in [1.54, 1.807) is 36.5 Å². The number of halogens is 4. The Labute approximate surface area is 172 Å². The number of alkyl halides is 3. The summed E-state index contributed by atoms with van der Waals surface area (Å²) in [5.74, 6) is 2.29. The van der Waals surface area contributed by atoms with E-state index in [1.807, 2.05) is 0 Å². The van der Waals surface area contributed by atoms with Crippen molar-refractivity contribution in [2.75, 3.05) is 10.3 Å². The summed E-state index contributed by atoms with van der Waals surface area (Å²) in [5.41, 5.74) is 6.02. The molecule has 31 heavy (non-hydrogen) atoms. The van der Waals surface area contributed by atoms with Crippen LogP contribution in [0.2, 0.25) is 0 Å². The second kappa shape index (κ2) is 8.52. The van der Waals surface area contributed by atoms with Gasteiger partial charge < -0.3 is 15.8 Å². The first kappa shape index (κ1) is 21.9. The Morgan fingerprint density at radius 3 is 2.65 bits per heavy atom. The molecule has 1 atom stereocenters. The fourth-order valence-corrected chi connectivity index (χ4v) is 2.84. The molecule has 0 saturated carbocycles. The van der Waals surface area contributed by atoms with Crippen molar-refractivity contribution in [3.63, 3.8) is 0 Å². The maximum atomic E-state index is 14.5. The molecular weight excluding hydrogens is 420 g/mol. The van der Waals surface area contributed by atoms with Crippen LogP contribution in [-0.4, -0.2) is 34.4 Å². The van der Waals surface area contributed by atoms with Gasteiger partial charge in [0, 0.05) is 17.3 Å². The lowest BCUT2D eigenvalue weighted by Crippen LogP contribution is -2.46. The topological polar surface area (TPSA) is 127 Å². The number of nitrogens with one attached hydrogen (secondary N) is 1. The predicted octanol–water partition coefficient (Wildman–Crippen LogP) is 2.81. The molecule has 0 fully saturated rings. The van der Waals surface area contributed by atoms with E-state index in [0.29, 0.717) is 17.3 Å². The number of carbonyl (C=O) groups is 2. The lowest BCUT2D eigenvalue weighted by atomic mass is 10.1. The number of nitrogens with zero attached hydrogens (tertiary/aromatic N) is 3. The molecule has 0 radical (unpaired) electrons. The van der Waals surface area contributed by atoms with Gasteiger partial charge in [0.25, 0.3) is 5.91 Å². The summed E-state index contributed by atoms with van der Waals surface area (Å²) in [5, 5.41) is 3.77. The number of hydrogen-bond acceptors (Lipinski definition) is 7. The van der Waals surface area contributed by atoms with Gasteiger partial charge in [-0.3, -0.25) is 14.8 Å². The Morgan fingerprint density at radius 1 is 1.26 bits per heavy atom. The number of anilines is 3. The molecule has 0 spiro atoms. The van der Waals surface area contributed by atoms with Crippen LogP contribution in [0.4, 0.5) is 34.9 Å². The van der Waals surface area contributed by atoms with E-state index in [0.717, 1.165) is 5.39 Å². The Hall–Kier alpha value is -3.80. The Bertz CT molecular complexity index is 1140. The molecule has 162 valence electrons. The largest absolute Gasteiger partial charge is 0.391 e. The van der Waals surface area contributed by atoms with Crippen LogP contribution >= 0.6 is 0 Å². The van der Waals surface area contributed by atoms with Crippen molar-refractivity contribution in [3.05, 3.63) is 54.0 Å². The second-order valence-electron chi connectivity index (χ2n) is 6.52. The number of pyridine rings is 2. The van der Waals surface area contributed by atoms with Crippen LogP contribution in [0.3, 0.4) is 0 Å². The molecule has 0 aliphatic rings. The van der Waals surface area contributed by atoms with E-state index in [2.05, 4.69) is 15.3 Å². The smallest absolute Gasteiger partial charge is 0.365 e. The first-order chi connectivity index (χ1) is 14.6. The molecule has 2 aromatic heterocycles. The van der Waals surface area contributed by atoms with E-state index in [1.165, 1.54) is 0 Å². The quantitative estimate of drug-likeness (QED) is 0.225. The molecule has 2 heterocycles. The zero-order chi connectivity index (χ0) is 22.8. The molecule has 0 unspecified atom stereocenters.